The Hall–Kier alpha value is -1.86. The van der Waals surface area contributed by atoms with Crippen LogP contribution in [0, 0.1) is 10.1 Å². The molecule has 1 atom stereocenters. The van der Waals surface area contributed by atoms with E-state index >= 15 is 0 Å². The molecule has 0 aliphatic heterocycles. The highest BCUT2D eigenvalue weighted by Gasteiger charge is 2.19. The highest BCUT2D eigenvalue weighted by atomic mass is 35.5. The second kappa shape index (κ2) is 6.91. The first-order valence-electron chi connectivity index (χ1n) is 5.44. The molecule has 104 valence electrons. The fraction of sp³-hybridized carbons (Fsp3) is 0.364. The van der Waals surface area contributed by atoms with Crippen LogP contribution in [0.2, 0.25) is 5.02 Å². The van der Waals surface area contributed by atoms with Gasteiger partial charge in [0.1, 0.15) is 12.6 Å². The van der Waals surface area contributed by atoms with Gasteiger partial charge in [-0.1, -0.05) is 11.6 Å². The molecule has 19 heavy (non-hydrogen) atoms. The number of nitro benzene ring substituents is 1. The maximum absolute atomic E-state index is 11.3. The summed E-state index contributed by atoms with van der Waals surface area (Å²) in [5.74, 6) is -0.676. The number of esters is 1. The molecule has 0 radical (unpaired) electrons. The van der Waals surface area contributed by atoms with Crippen LogP contribution < -0.4 is 10.5 Å². The van der Waals surface area contributed by atoms with Crippen molar-refractivity contribution in [3.63, 3.8) is 0 Å². The summed E-state index contributed by atoms with van der Waals surface area (Å²) in [5, 5.41) is 11.1. The van der Waals surface area contributed by atoms with E-state index in [9.17, 15) is 14.9 Å². The van der Waals surface area contributed by atoms with Crippen LogP contribution in [0.1, 0.15) is 6.92 Å². The minimum Gasteiger partial charge on any atom is -0.484 e. The largest absolute Gasteiger partial charge is 0.484 e. The van der Waals surface area contributed by atoms with Crippen molar-refractivity contribution in [3.8, 4) is 5.75 Å². The van der Waals surface area contributed by atoms with Crippen molar-refractivity contribution in [2.75, 3.05) is 13.2 Å². The lowest BCUT2D eigenvalue weighted by atomic mass is 10.3. The van der Waals surface area contributed by atoms with Crippen LogP contribution in [0.3, 0.4) is 0 Å². The monoisotopic (exact) mass is 288 g/mol. The normalized spacial score (nSPS) is 11.7. The van der Waals surface area contributed by atoms with Crippen molar-refractivity contribution in [2.24, 2.45) is 5.73 Å². The zero-order valence-electron chi connectivity index (χ0n) is 10.2. The molecule has 1 rings (SSSR count). The lowest BCUT2D eigenvalue weighted by Crippen LogP contribution is -2.37. The van der Waals surface area contributed by atoms with Crippen LogP contribution in [0.4, 0.5) is 5.69 Å². The molecule has 0 bridgehead atoms. The molecule has 7 nitrogen and oxygen atoms in total. The summed E-state index contributed by atoms with van der Waals surface area (Å²) in [5.41, 5.74) is 5.26. The van der Waals surface area contributed by atoms with Crippen molar-refractivity contribution in [1.82, 2.24) is 0 Å². The number of hydrogen-bond donors (Lipinski definition) is 1. The van der Waals surface area contributed by atoms with Gasteiger partial charge in [0.25, 0.3) is 0 Å². The molecule has 0 saturated carbocycles. The van der Waals surface area contributed by atoms with Gasteiger partial charge in [0, 0.05) is 17.2 Å². The molecular formula is C11H13ClN2O5. The SMILES string of the molecule is CCOC(=O)C(N)COc1cc(Cl)ccc1[N+](=O)[O-]. The molecule has 0 spiro atoms. The number of nitro groups is 1. The molecule has 0 fully saturated rings. The Balaban J connectivity index is 2.74. The van der Waals surface area contributed by atoms with Gasteiger partial charge in [-0.05, 0) is 13.0 Å². The van der Waals surface area contributed by atoms with Crippen LogP contribution >= 0.6 is 11.6 Å². The number of ether oxygens (including phenoxy) is 2. The first kappa shape index (κ1) is 15.2. The van der Waals surface area contributed by atoms with Gasteiger partial charge < -0.3 is 15.2 Å². The third kappa shape index (κ3) is 4.38. The third-order valence-corrected chi connectivity index (χ3v) is 2.36. The molecule has 2 N–H and O–H groups in total. The van der Waals surface area contributed by atoms with E-state index < -0.39 is 16.9 Å². The van der Waals surface area contributed by atoms with Crippen LogP contribution in [-0.2, 0) is 9.53 Å². The van der Waals surface area contributed by atoms with Gasteiger partial charge in [0.15, 0.2) is 5.75 Å². The third-order valence-electron chi connectivity index (χ3n) is 2.13. The first-order valence-corrected chi connectivity index (χ1v) is 5.82. The minimum absolute atomic E-state index is 0.0442. The second-order valence-corrected chi connectivity index (χ2v) is 3.98. The number of nitrogens with two attached hydrogens (primary N) is 1. The zero-order chi connectivity index (χ0) is 14.4. The van der Waals surface area contributed by atoms with Crippen molar-refractivity contribution < 1.29 is 19.2 Å². The van der Waals surface area contributed by atoms with Crippen molar-refractivity contribution in [1.29, 1.82) is 0 Å². The van der Waals surface area contributed by atoms with Gasteiger partial charge in [-0.2, -0.15) is 0 Å². The zero-order valence-corrected chi connectivity index (χ0v) is 10.9. The molecule has 0 saturated heterocycles. The van der Waals surface area contributed by atoms with Gasteiger partial charge in [-0.25, -0.2) is 0 Å². The number of halogens is 1. The average Bonchev–Trinajstić information content (AvgIpc) is 2.35. The Morgan fingerprint density at radius 1 is 1.58 bits per heavy atom. The van der Waals surface area contributed by atoms with Crippen LogP contribution in [-0.4, -0.2) is 30.1 Å². The summed E-state index contributed by atoms with van der Waals surface area (Å²) in [6.07, 6.45) is 0. The van der Waals surface area contributed by atoms with Crippen LogP contribution in [0.15, 0.2) is 18.2 Å². The molecule has 8 heteroatoms. The standard InChI is InChI=1S/C11H13ClN2O5/c1-2-18-11(15)8(13)6-19-10-5-7(12)3-4-9(10)14(16)17/h3-5,8H,2,6,13H2,1H3. The van der Waals surface area contributed by atoms with E-state index in [0.29, 0.717) is 0 Å². The quantitative estimate of drug-likeness (QED) is 0.483. The smallest absolute Gasteiger partial charge is 0.326 e. The van der Waals surface area contributed by atoms with Gasteiger partial charge in [-0.3, -0.25) is 14.9 Å². The highest BCUT2D eigenvalue weighted by Crippen LogP contribution is 2.29. The summed E-state index contributed by atoms with van der Waals surface area (Å²) in [4.78, 5) is 21.4. The molecule has 1 aromatic rings. The number of carbonyl (C=O) groups excluding carboxylic acids is 1. The summed E-state index contributed by atoms with van der Waals surface area (Å²) in [7, 11) is 0. The number of nitrogens with zero attached hydrogens (tertiary/aromatic N) is 1. The van der Waals surface area contributed by atoms with Gasteiger partial charge >= 0.3 is 11.7 Å². The number of rotatable bonds is 6. The molecule has 0 heterocycles. The Kier molecular flexibility index (Phi) is 5.53. The fourth-order valence-electron chi connectivity index (χ4n) is 1.25. The maximum Gasteiger partial charge on any atom is 0.326 e. The average molecular weight is 289 g/mol. The van der Waals surface area contributed by atoms with Crippen LogP contribution in [0.5, 0.6) is 5.75 Å². The maximum atomic E-state index is 11.3. The van der Waals surface area contributed by atoms with Crippen LogP contribution in [0.25, 0.3) is 0 Å². The topological polar surface area (TPSA) is 105 Å². The highest BCUT2D eigenvalue weighted by molar-refractivity contribution is 6.30. The van der Waals surface area contributed by atoms with E-state index in [-0.39, 0.29) is 29.7 Å². The lowest BCUT2D eigenvalue weighted by molar-refractivity contribution is -0.385. The van der Waals surface area contributed by atoms with Crippen molar-refractivity contribution in [2.45, 2.75) is 13.0 Å². The van der Waals surface area contributed by atoms with Gasteiger partial charge in [0.05, 0.1) is 11.5 Å². The Morgan fingerprint density at radius 2 is 2.26 bits per heavy atom. The van der Waals surface area contributed by atoms with E-state index in [0.717, 1.165) is 0 Å². The first-order chi connectivity index (χ1) is 8.95. The molecular weight excluding hydrogens is 276 g/mol. The van der Waals surface area contributed by atoms with Gasteiger partial charge in [0.2, 0.25) is 0 Å². The number of benzene rings is 1. The molecule has 0 aliphatic carbocycles. The molecule has 0 aromatic heterocycles. The van der Waals surface area contributed by atoms with Crippen molar-refractivity contribution in [3.05, 3.63) is 33.3 Å². The predicted molar refractivity (Wildman–Crippen MR) is 68.2 cm³/mol. The van der Waals surface area contributed by atoms with Gasteiger partial charge in [-0.15, -0.1) is 0 Å². The lowest BCUT2D eigenvalue weighted by Gasteiger charge is -2.12. The molecule has 1 unspecified atom stereocenters. The fourth-order valence-corrected chi connectivity index (χ4v) is 1.41. The van der Waals surface area contributed by atoms with E-state index in [1.807, 2.05) is 0 Å². The Morgan fingerprint density at radius 3 is 2.84 bits per heavy atom. The van der Waals surface area contributed by atoms with E-state index in [1.54, 1.807) is 6.92 Å². The summed E-state index contributed by atoms with van der Waals surface area (Å²) in [6, 6.07) is 2.86. The summed E-state index contributed by atoms with van der Waals surface area (Å²) >= 11 is 5.72. The number of hydrogen-bond acceptors (Lipinski definition) is 6. The molecule has 0 aliphatic rings. The molecule has 0 amide bonds. The minimum atomic E-state index is -1.02. The number of carbonyl (C=O) groups is 1. The Bertz CT molecular complexity index is 480. The van der Waals surface area contributed by atoms with E-state index in [1.165, 1.54) is 18.2 Å². The Labute approximate surface area is 114 Å². The summed E-state index contributed by atoms with van der Waals surface area (Å²) in [6.45, 7) is 1.61. The molecule has 1 aromatic carbocycles. The van der Waals surface area contributed by atoms with Crippen molar-refractivity contribution >= 4 is 23.3 Å². The van der Waals surface area contributed by atoms with E-state index in [2.05, 4.69) is 4.74 Å². The summed E-state index contributed by atoms with van der Waals surface area (Å²) < 4.78 is 9.85. The second-order valence-electron chi connectivity index (χ2n) is 3.54. The predicted octanol–water partition coefficient (Wildman–Crippen LogP) is 1.52. The van der Waals surface area contributed by atoms with E-state index in [4.69, 9.17) is 22.1 Å².